The van der Waals surface area contributed by atoms with Crippen LogP contribution in [0, 0.1) is 16.7 Å². The molecule has 10 nitrogen and oxygen atoms in total. The van der Waals surface area contributed by atoms with Gasteiger partial charge in [0.1, 0.15) is 5.52 Å². The minimum Gasteiger partial charge on any atom is -0.479 e. The van der Waals surface area contributed by atoms with E-state index in [1.54, 1.807) is 29.4 Å². The molecule has 174 valence electrons. The Balaban J connectivity index is 1.49. The molecule has 1 saturated carbocycles. The summed E-state index contributed by atoms with van der Waals surface area (Å²) in [7, 11) is 3.19. The quantitative estimate of drug-likeness (QED) is 0.471. The average Bonchev–Trinajstić information content (AvgIpc) is 3.48. The number of hydrogen-bond donors (Lipinski definition) is 2. The lowest BCUT2D eigenvalue weighted by Crippen LogP contribution is -2.31. The molecule has 0 radical (unpaired) electrons. The van der Waals surface area contributed by atoms with Gasteiger partial charge in [-0.2, -0.15) is 15.3 Å². The van der Waals surface area contributed by atoms with E-state index in [9.17, 15) is 10.1 Å². The van der Waals surface area contributed by atoms with Crippen molar-refractivity contribution in [3.05, 3.63) is 42.4 Å². The van der Waals surface area contributed by atoms with Crippen molar-refractivity contribution in [3.8, 4) is 23.1 Å². The molecule has 1 fully saturated rings. The molecule has 34 heavy (non-hydrogen) atoms. The summed E-state index contributed by atoms with van der Waals surface area (Å²) in [4.78, 5) is 16.8. The number of amides is 1. The molecule has 0 saturated heterocycles. The number of rotatable bonds is 5. The van der Waals surface area contributed by atoms with Gasteiger partial charge in [0.2, 0.25) is 11.8 Å². The molecule has 0 aromatic carbocycles. The lowest BCUT2D eigenvalue weighted by atomic mass is 9.75. The van der Waals surface area contributed by atoms with E-state index in [0.29, 0.717) is 22.9 Å². The standard InChI is InChI=1S/C24H26N8O2/c1-24(14-25)8-4-16(5-9-24)28-23-29-22(34-3)20-17(7-11-32(20)30-23)15-6-10-31-19(12-15)18(13-27-31)21(33)26-2/h6-7,10-13,16H,4-5,8-9H2,1-3H3,(H,26,33)(H,28,30)/t16-,24+. The Morgan fingerprint density at radius 3 is 2.74 bits per heavy atom. The molecule has 0 aliphatic heterocycles. The maximum absolute atomic E-state index is 12.2. The van der Waals surface area contributed by atoms with Gasteiger partial charge in [0.15, 0.2) is 0 Å². The highest BCUT2D eigenvalue weighted by Crippen LogP contribution is 2.36. The molecule has 5 rings (SSSR count). The maximum Gasteiger partial charge on any atom is 0.254 e. The van der Waals surface area contributed by atoms with Gasteiger partial charge < -0.3 is 15.4 Å². The molecule has 4 aromatic heterocycles. The van der Waals surface area contributed by atoms with Crippen molar-refractivity contribution < 1.29 is 9.53 Å². The van der Waals surface area contributed by atoms with Crippen LogP contribution in [0.5, 0.6) is 5.88 Å². The van der Waals surface area contributed by atoms with Crippen molar-refractivity contribution in [2.75, 3.05) is 19.5 Å². The number of fused-ring (bicyclic) bond motifs is 2. The number of hydrogen-bond acceptors (Lipinski definition) is 7. The average molecular weight is 459 g/mol. The number of ether oxygens (including phenoxy) is 1. The first kappa shape index (κ1) is 21.7. The van der Waals surface area contributed by atoms with Crippen LogP contribution in [-0.4, -0.2) is 50.3 Å². The third kappa shape index (κ3) is 3.69. The second-order valence-corrected chi connectivity index (χ2v) is 8.94. The minimum atomic E-state index is -0.246. The lowest BCUT2D eigenvalue weighted by Gasteiger charge is -2.32. The molecule has 4 heterocycles. The van der Waals surface area contributed by atoms with E-state index >= 15 is 0 Å². The summed E-state index contributed by atoms with van der Waals surface area (Å²) in [6, 6.07) is 8.46. The van der Waals surface area contributed by atoms with Crippen molar-refractivity contribution in [2.24, 2.45) is 5.41 Å². The van der Waals surface area contributed by atoms with E-state index < -0.39 is 0 Å². The zero-order valence-electron chi connectivity index (χ0n) is 19.4. The highest BCUT2D eigenvalue weighted by molar-refractivity contribution is 6.01. The number of anilines is 1. The summed E-state index contributed by atoms with van der Waals surface area (Å²) in [5, 5.41) is 24.4. The number of nitrogens with zero attached hydrogens (tertiary/aromatic N) is 6. The molecule has 0 unspecified atom stereocenters. The van der Waals surface area contributed by atoms with E-state index in [2.05, 4.69) is 31.9 Å². The molecular formula is C24H26N8O2. The van der Waals surface area contributed by atoms with Crippen LogP contribution in [0.3, 0.4) is 0 Å². The van der Waals surface area contributed by atoms with Crippen molar-refractivity contribution in [1.29, 1.82) is 5.26 Å². The Hall–Kier alpha value is -4.13. The number of aromatic nitrogens is 5. The summed E-state index contributed by atoms with van der Waals surface area (Å²) in [5.74, 6) is 0.753. The Bertz CT molecular complexity index is 1420. The number of carbonyl (C=O) groups is 1. The third-order valence-electron chi connectivity index (χ3n) is 6.67. The van der Waals surface area contributed by atoms with Gasteiger partial charge in [0, 0.05) is 31.0 Å². The summed E-state index contributed by atoms with van der Waals surface area (Å²) >= 11 is 0. The predicted molar refractivity (Wildman–Crippen MR) is 127 cm³/mol. The van der Waals surface area contributed by atoms with Crippen molar-refractivity contribution >= 4 is 22.9 Å². The maximum atomic E-state index is 12.2. The fraction of sp³-hybridized carbons (Fsp3) is 0.375. The number of pyridine rings is 1. The molecule has 1 amide bonds. The van der Waals surface area contributed by atoms with E-state index in [4.69, 9.17) is 4.74 Å². The van der Waals surface area contributed by atoms with Crippen LogP contribution in [0.25, 0.3) is 22.2 Å². The van der Waals surface area contributed by atoms with E-state index in [1.807, 2.05) is 37.5 Å². The van der Waals surface area contributed by atoms with Gasteiger partial charge in [-0.25, -0.2) is 9.03 Å². The Labute approximate surface area is 196 Å². The molecule has 4 aromatic rings. The SMILES string of the molecule is CNC(=O)c1cnn2ccc(-c3ccn4nc(N[C@H]5CC[C@@](C)(C#N)CC5)nc(OC)c34)cc12. The molecule has 10 heteroatoms. The first-order valence-corrected chi connectivity index (χ1v) is 11.3. The van der Waals surface area contributed by atoms with Crippen molar-refractivity contribution in [1.82, 2.24) is 29.5 Å². The molecule has 0 bridgehead atoms. The van der Waals surface area contributed by atoms with Crippen LogP contribution in [0.2, 0.25) is 0 Å². The normalized spacial score (nSPS) is 20.2. The van der Waals surface area contributed by atoms with Gasteiger partial charge in [-0.3, -0.25) is 4.79 Å². The summed E-state index contributed by atoms with van der Waals surface area (Å²) in [5.41, 5.74) is 3.48. The summed E-state index contributed by atoms with van der Waals surface area (Å²) in [6.45, 7) is 2.02. The van der Waals surface area contributed by atoms with Gasteiger partial charge in [0.05, 0.1) is 35.9 Å². The lowest BCUT2D eigenvalue weighted by molar-refractivity contribution is 0.0964. The first-order chi connectivity index (χ1) is 16.4. The number of carbonyl (C=O) groups excluding carboxylic acids is 1. The van der Waals surface area contributed by atoms with Crippen LogP contribution in [-0.2, 0) is 0 Å². The Morgan fingerprint density at radius 1 is 1.26 bits per heavy atom. The highest BCUT2D eigenvalue weighted by Gasteiger charge is 2.31. The van der Waals surface area contributed by atoms with Crippen LogP contribution in [0.1, 0.15) is 43.0 Å². The summed E-state index contributed by atoms with van der Waals surface area (Å²) < 4.78 is 9.07. The van der Waals surface area contributed by atoms with Gasteiger partial charge in [-0.15, -0.1) is 5.10 Å². The van der Waals surface area contributed by atoms with Gasteiger partial charge in [0.25, 0.3) is 5.91 Å². The molecule has 2 N–H and O–H groups in total. The molecule has 0 spiro atoms. The molecule has 1 aliphatic rings. The van der Waals surface area contributed by atoms with E-state index in [-0.39, 0.29) is 17.4 Å². The zero-order valence-corrected chi connectivity index (χ0v) is 19.4. The zero-order chi connectivity index (χ0) is 23.9. The highest BCUT2D eigenvalue weighted by atomic mass is 16.5. The fourth-order valence-corrected chi connectivity index (χ4v) is 4.58. The second-order valence-electron chi connectivity index (χ2n) is 8.94. The van der Waals surface area contributed by atoms with Gasteiger partial charge >= 0.3 is 0 Å². The summed E-state index contributed by atoms with van der Waals surface area (Å²) in [6.07, 6.45) is 8.73. The first-order valence-electron chi connectivity index (χ1n) is 11.3. The topological polar surface area (TPSA) is 122 Å². The Kier molecular flexibility index (Phi) is 5.32. The van der Waals surface area contributed by atoms with Gasteiger partial charge in [-0.1, -0.05) is 0 Å². The van der Waals surface area contributed by atoms with Crippen LogP contribution >= 0.6 is 0 Å². The number of nitriles is 1. The number of methoxy groups -OCH3 is 1. The van der Waals surface area contributed by atoms with E-state index in [1.165, 1.54) is 0 Å². The Morgan fingerprint density at radius 2 is 2.03 bits per heavy atom. The van der Waals surface area contributed by atoms with Crippen LogP contribution in [0.4, 0.5) is 5.95 Å². The molecule has 0 atom stereocenters. The molecular weight excluding hydrogens is 432 g/mol. The minimum absolute atomic E-state index is 0.191. The van der Waals surface area contributed by atoms with E-state index in [0.717, 1.165) is 42.3 Å². The van der Waals surface area contributed by atoms with Crippen LogP contribution < -0.4 is 15.4 Å². The molecule has 1 aliphatic carbocycles. The van der Waals surface area contributed by atoms with Crippen LogP contribution in [0.15, 0.2) is 36.8 Å². The van der Waals surface area contributed by atoms with Crippen molar-refractivity contribution in [2.45, 2.75) is 38.6 Å². The third-order valence-corrected chi connectivity index (χ3v) is 6.67. The number of nitrogens with one attached hydrogen (secondary N) is 2. The second kappa shape index (κ2) is 8.33. The fourth-order valence-electron chi connectivity index (χ4n) is 4.58. The smallest absolute Gasteiger partial charge is 0.254 e. The van der Waals surface area contributed by atoms with Gasteiger partial charge in [-0.05, 0) is 56.4 Å². The predicted octanol–water partition coefficient (Wildman–Crippen LogP) is 3.30. The monoisotopic (exact) mass is 458 g/mol. The largest absolute Gasteiger partial charge is 0.479 e. The van der Waals surface area contributed by atoms with Crippen molar-refractivity contribution in [3.63, 3.8) is 0 Å².